The van der Waals surface area contributed by atoms with Gasteiger partial charge < -0.3 is 15.6 Å². The molecule has 0 spiro atoms. The molecule has 17 heavy (non-hydrogen) atoms. The maximum Gasteiger partial charge on any atom is 0.124 e. The van der Waals surface area contributed by atoms with Crippen molar-refractivity contribution in [3.8, 4) is 5.75 Å². The molecular weight excluding hydrogens is 214 g/mol. The largest absolute Gasteiger partial charge is 0.490 e. The molecule has 3 N–H and O–H groups in total. The van der Waals surface area contributed by atoms with Crippen molar-refractivity contribution >= 4 is 0 Å². The van der Waals surface area contributed by atoms with Crippen molar-refractivity contribution in [3.05, 3.63) is 29.8 Å². The third-order valence-corrected chi connectivity index (χ3v) is 3.44. The summed E-state index contributed by atoms with van der Waals surface area (Å²) in [6.45, 7) is 2.31. The van der Waals surface area contributed by atoms with Crippen molar-refractivity contribution in [2.45, 2.75) is 44.2 Å². The molecule has 0 saturated heterocycles. The van der Waals surface area contributed by atoms with Gasteiger partial charge in [-0.15, -0.1) is 0 Å². The van der Waals surface area contributed by atoms with Gasteiger partial charge in [0.05, 0.1) is 5.60 Å². The van der Waals surface area contributed by atoms with Crippen LogP contribution in [-0.4, -0.2) is 17.3 Å². The van der Waals surface area contributed by atoms with Gasteiger partial charge >= 0.3 is 0 Å². The van der Waals surface area contributed by atoms with Gasteiger partial charge in [0.1, 0.15) is 12.4 Å². The number of ether oxygens (including phenoxy) is 1. The average molecular weight is 235 g/mol. The van der Waals surface area contributed by atoms with E-state index in [-0.39, 0.29) is 6.04 Å². The van der Waals surface area contributed by atoms with Crippen LogP contribution in [0, 0.1) is 0 Å². The minimum Gasteiger partial charge on any atom is -0.490 e. The smallest absolute Gasteiger partial charge is 0.124 e. The lowest BCUT2D eigenvalue weighted by Crippen LogP contribution is -2.32. The van der Waals surface area contributed by atoms with E-state index in [0.717, 1.165) is 37.0 Å². The predicted molar refractivity (Wildman–Crippen MR) is 68.0 cm³/mol. The van der Waals surface area contributed by atoms with Crippen molar-refractivity contribution in [1.29, 1.82) is 0 Å². The zero-order chi connectivity index (χ0) is 12.3. The number of nitrogens with two attached hydrogens (primary N) is 1. The van der Waals surface area contributed by atoms with Crippen LogP contribution in [-0.2, 0) is 0 Å². The zero-order valence-corrected chi connectivity index (χ0v) is 10.4. The summed E-state index contributed by atoms with van der Waals surface area (Å²) >= 11 is 0. The van der Waals surface area contributed by atoms with Crippen molar-refractivity contribution in [2.75, 3.05) is 6.61 Å². The standard InChI is InChI=1S/C14H21NO2/c1-11(15)12-6-2-3-7-13(12)17-10-14(16)8-4-5-9-14/h2-3,6-7,11,16H,4-5,8-10,15H2,1H3/t11-/m0/s1. The molecule has 1 atom stereocenters. The maximum atomic E-state index is 10.2. The van der Waals surface area contributed by atoms with Gasteiger partial charge in [-0.2, -0.15) is 0 Å². The first kappa shape index (κ1) is 12.4. The molecule has 3 nitrogen and oxygen atoms in total. The van der Waals surface area contributed by atoms with Crippen LogP contribution in [0.2, 0.25) is 0 Å². The van der Waals surface area contributed by atoms with Gasteiger partial charge in [-0.1, -0.05) is 31.0 Å². The molecule has 1 saturated carbocycles. The van der Waals surface area contributed by atoms with Crippen LogP contribution in [0.15, 0.2) is 24.3 Å². The lowest BCUT2D eigenvalue weighted by molar-refractivity contribution is 0.00106. The number of rotatable bonds is 4. The Morgan fingerprint density at radius 2 is 2.00 bits per heavy atom. The van der Waals surface area contributed by atoms with Gasteiger partial charge in [0, 0.05) is 11.6 Å². The lowest BCUT2D eigenvalue weighted by atomic mass is 10.0. The number of benzene rings is 1. The number of hydrogen-bond donors (Lipinski definition) is 2. The summed E-state index contributed by atoms with van der Waals surface area (Å²) in [6, 6.07) is 7.72. The highest BCUT2D eigenvalue weighted by Gasteiger charge is 2.32. The Bertz CT molecular complexity index is 370. The van der Waals surface area contributed by atoms with E-state index in [0.29, 0.717) is 6.61 Å². The van der Waals surface area contributed by atoms with Crippen molar-refractivity contribution < 1.29 is 9.84 Å². The number of hydrogen-bond acceptors (Lipinski definition) is 3. The molecule has 3 heteroatoms. The van der Waals surface area contributed by atoms with Gasteiger partial charge in [0.25, 0.3) is 0 Å². The van der Waals surface area contributed by atoms with Crippen LogP contribution in [0.4, 0.5) is 0 Å². The zero-order valence-electron chi connectivity index (χ0n) is 10.4. The fourth-order valence-corrected chi connectivity index (χ4v) is 2.38. The summed E-state index contributed by atoms with van der Waals surface area (Å²) in [4.78, 5) is 0. The molecular formula is C14H21NO2. The summed E-state index contributed by atoms with van der Waals surface area (Å²) in [5.41, 5.74) is 6.25. The van der Waals surface area contributed by atoms with E-state index in [2.05, 4.69) is 0 Å². The second kappa shape index (κ2) is 5.07. The van der Waals surface area contributed by atoms with Gasteiger partial charge in [0.2, 0.25) is 0 Å². The van der Waals surface area contributed by atoms with Gasteiger partial charge in [-0.3, -0.25) is 0 Å². The van der Waals surface area contributed by atoms with E-state index >= 15 is 0 Å². The molecule has 0 aliphatic heterocycles. The summed E-state index contributed by atoms with van der Waals surface area (Å²) < 4.78 is 5.76. The summed E-state index contributed by atoms with van der Waals surface area (Å²) in [5.74, 6) is 0.794. The van der Waals surface area contributed by atoms with Gasteiger partial charge in [0.15, 0.2) is 0 Å². The van der Waals surface area contributed by atoms with E-state index < -0.39 is 5.60 Å². The highest BCUT2D eigenvalue weighted by atomic mass is 16.5. The molecule has 94 valence electrons. The quantitative estimate of drug-likeness (QED) is 0.842. The van der Waals surface area contributed by atoms with E-state index in [1.54, 1.807) is 0 Å². The molecule has 0 bridgehead atoms. The Kier molecular flexibility index (Phi) is 3.69. The Morgan fingerprint density at radius 1 is 1.35 bits per heavy atom. The van der Waals surface area contributed by atoms with E-state index in [4.69, 9.17) is 10.5 Å². The Morgan fingerprint density at radius 3 is 2.65 bits per heavy atom. The Labute approximate surface area is 103 Å². The van der Waals surface area contributed by atoms with Crippen LogP contribution in [0.3, 0.4) is 0 Å². The Hall–Kier alpha value is -1.06. The highest BCUT2D eigenvalue weighted by molar-refractivity contribution is 5.35. The predicted octanol–water partition coefficient (Wildman–Crippen LogP) is 2.39. The number of aliphatic hydroxyl groups is 1. The van der Waals surface area contributed by atoms with Gasteiger partial charge in [-0.25, -0.2) is 0 Å². The maximum absolute atomic E-state index is 10.2. The van der Waals surface area contributed by atoms with Gasteiger partial charge in [-0.05, 0) is 25.8 Å². The van der Waals surface area contributed by atoms with Crippen LogP contribution in [0.5, 0.6) is 5.75 Å². The second-order valence-corrected chi connectivity index (χ2v) is 5.05. The van der Waals surface area contributed by atoms with E-state index in [9.17, 15) is 5.11 Å². The molecule has 1 aromatic rings. The van der Waals surface area contributed by atoms with Crippen molar-refractivity contribution in [2.24, 2.45) is 5.73 Å². The minimum atomic E-state index is -0.634. The fourth-order valence-electron chi connectivity index (χ4n) is 2.38. The average Bonchev–Trinajstić information content (AvgIpc) is 2.74. The normalized spacial score (nSPS) is 20.2. The third kappa shape index (κ3) is 2.99. The molecule has 0 radical (unpaired) electrons. The molecule has 1 aliphatic carbocycles. The van der Waals surface area contributed by atoms with Crippen molar-refractivity contribution in [3.63, 3.8) is 0 Å². The third-order valence-electron chi connectivity index (χ3n) is 3.44. The number of para-hydroxylation sites is 1. The van der Waals surface area contributed by atoms with Crippen LogP contribution in [0.1, 0.15) is 44.2 Å². The molecule has 0 unspecified atom stereocenters. The van der Waals surface area contributed by atoms with Crippen LogP contribution < -0.4 is 10.5 Å². The molecule has 1 aliphatic rings. The first-order valence-corrected chi connectivity index (χ1v) is 6.30. The topological polar surface area (TPSA) is 55.5 Å². The summed E-state index contributed by atoms with van der Waals surface area (Å²) in [5, 5.41) is 10.2. The second-order valence-electron chi connectivity index (χ2n) is 5.05. The monoisotopic (exact) mass is 235 g/mol. The van der Waals surface area contributed by atoms with Crippen LogP contribution >= 0.6 is 0 Å². The molecule has 2 rings (SSSR count). The van der Waals surface area contributed by atoms with Crippen molar-refractivity contribution in [1.82, 2.24) is 0 Å². The molecule has 1 fully saturated rings. The SMILES string of the molecule is C[C@H](N)c1ccccc1OCC1(O)CCCC1. The van der Waals surface area contributed by atoms with E-state index in [1.165, 1.54) is 0 Å². The van der Waals surface area contributed by atoms with E-state index in [1.807, 2.05) is 31.2 Å². The summed E-state index contributed by atoms with van der Waals surface area (Å²) in [7, 11) is 0. The molecule has 0 amide bonds. The Balaban J connectivity index is 2.03. The summed E-state index contributed by atoms with van der Waals surface area (Å²) in [6.07, 6.45) is 3.87. The molecule has 1 aromatic carbocycles. The first-order valence-electron chi connectivity index (χ1n) is 6.30. The fraction of sp³-hybridized carbons (Fsp3) is 0.571. The molecule has 0 heterocycles. The highest BCUT2D eigenvalue weighted by Crippen LogP contribution is 2.31. The molecule has 0 aromatic heterocycles. The lowest BCUT2D eigenvalue weighted by Gasteiger charge is -2.23. The first-order chi connectivity index (χ1) is 8.11. The van der Waals surface area contributed by atoms with Crippen LogP contribution in [0.25, 0.3) is 0 Å². The minimum absolute atomic E-state index is 0.0515.